The first kappa shape index (κ1) is 11.2. The fraction of sp³-hybridized carbons (Fsp3) is 0.417. The molecule has 0 unspecified atom stereocenters. The highest BCUT2D eigenvalue weighted by Crippen LogP contribution is 2.08. The Morgan fingerprint density at radius 1 is 1.12 bits per heavy atom. The molecule has 0 radical (unpaired) electrons. The highest BCUT2D eigenvalue weighted by Gasteiger charge is 2.13. The first-order valence-electron chi connectivity index (χ1n) is 5.68. The van der Waals surface area contributed by atoms with Gasteiger partial charge in [-0.1, -0.05) is 12.1 Å². The van der Waals surface area contributed by atoms with Crippen LogP contribution in [0.5, 0.6) is 0 Å². The van der Waals surface area contributed by atoms with E-state index in [4.69, 9.17) is 5.26 Å². The maximum absolute atomic E-state index is 8.71. The van der Waals surface area contributed by atoms with Crippen molar-refractivity contribution in [3.05, 3.63) is 35.4 Å². The van der Waals surface area contributed by atoms with Gasteiger partial charge in [-0.3, -0.25) is 4.90 Å². The Bertz CT molecular complexity index is 374. The summed E-state index contributed by atoms with van der Waals surface area (Å²) < 4.78 is 0. The van der Waals surface area contributed by atoms with E-state index in [9.17, 15) is 0 Å². The lowest BCUT2D eigenvalue weighted by atomic mass is 10.1. The second-order valence-electron chi connectivity index (χ2n) is 4.39. The molecule has 2 rings (SSSR count). The van der Waals surface area contributed by atoms with Crippen molar-refractivity contribution in [1.29, 1.82) is 5.26 Å². The van der Waals surface area contributed by atoms with Crippen LogP contribution >= 0.6 is 0 Å². The number of nitrogens with zero attached hydrogens (tertiary/aromatic N) is 3. The van der Waals surface area contributed by atoms with E-state index in [0.29, 0.717) is 0 Å². The lowest BCUT2D eigenvalue weighted by Gasteiger charge is -2.32. The summed E-state index contributed by atoms with van der Waals surface area (Å²) in [6, 6.07) is 10.0. The average molecular weight is 213 g/mol. The van der Waals surface area contributed by atoms with Crippen LogP contribution < -0.4 is 0 Å². The van der Waals surface area contributed by atoms with Crippen molar-refractivity contribution < 1.29 is 0 Å². The fourth-order valence-corrected chi connectivity index (χ4v) is 1.95. The number of hydrogen-bond acceptors (Lipinski definition) is 3. The van der Waals surface area contributed by atoms with E-state index in [2.05, 4.69) is 35.9 Å². The molecule has 1 aromatic rings. The van der Waals surface area contributed by atoms with Crippen LogP contribution in [0.2, 0.25) is 0 Å². The minimum atomic E-state index is 0.738. The van der Waals surface area contributed by atoms with Crippen molar-refractivity contribution >= 4 is 7.98 Å². The van der Waals surface area contributed by atoms with Gasteiger partial charge in [0, 0.05) is 19.6 Å². The zero-order chi connectivity index (χ0) is 11.4. The van der Waals surface area contributed by atoms with Gasteiger partial charge in [-0.15, -0.1) is 0 Å². The van der Waals surface area contributed by atoms with E-state index in [0.717, 1.165) is 38.3 Å². The Morgan fingerprint density at radius 3 is 2.31 bits per heavy atom. The molecular weight excluding hydrogens is 197 g/mol. The van der Waals surface area contributed by atoms with Gasteiger partial charge in [-0.2, -0.15) is 5.26 Å². The Kier molecular flexibility index (Phi) is 3.60. The topological polar surface area (TPSA) is 30.3 Å². The van der Waals surface area contributed by atoms with Crippen molar-refractivity contribution in [2.24, 2.45) is 0 Å². The molecule has 0 N–H and O–H groups in total. The molecule has 1 aliphatic rings. The SMILES string of the molecule is BN1CCN(Cc2ccc(C#N)cc2)CC1. The molecule has 0 spiro atoms. The van der Waals surface area contributed by atoms with Crippen molar-refractivity contribution in [1.82, 2.24) is 9.71 Å². The summed E-state index contributed by atoms with van der Waals surface area (Å²) in [5.41, 5.74) is 2.03. The lowest BCUT2D eigenvalue weighted by Crippen LogP contribution is -2.44. The minimum Gasteiger partial charge on any atom is -0.346 e. The summed E-state index contributed by atoms with van der Waals surface area (Å²) in [4.78, 5) is 4.82. The van der Waals surface area contributed by atoms with Gasteiger partial charge in [0.15, 0.2) is 7.98 Å². The van der Waals surface area contributed by atoms with E-state index < -0.39 is 0 Å². The van der Waals surface area contributed by atoms with Crippen LogP contribution in [-0.4, -0.2) is 43.9 Å². The van der Waals surface area contributed by atoms with Gasteiger partial charge in [0.25, 0.3) is 0 Å². The van der Waals surface area contributed by atoms with E-state index >= 15 is 0 Å². The third-order valence-electron chi connectivity index (χ3n) is 3.09. The molecule has 0 amide bonds. The third-order valence-corrected chi connectivity index (χ3v) is 3.09. The maximum Gasteiger partial charge on any atom is 0.185 e. The van der Waals surface area contributed by atoms with Crippen molar-refractivity contribution in [2.75, 3.05) is 26.2 Å². The van der Waals surface area contributed by atoms with Gasteiger partial charge < -0.3 is 4.81 Å². The second kappa shape index (κ2) is 5.15. The number of rotatable bonds is 2. The van der Waals surface area contributed by atoms with Crippen LogP contribution in [0.25, 0.3) is 0 Å². The van der Waals surface area contributed by atoms with E-state index in [1.54, 1.807) is 0 Å². The summed E-state index contributed by atoms with van der Waals surface area (Å²) in [5, 5.41) is 8.71. The molecule has 82 valence electrons. The summed E-state index contributed by atoms with van der Waals surface area (Å²) in [6.45, 7) is 5.57. The van der Waals surface area contributed by atoms with Gasteiger partial charge in [-0.05, 0) is 30.8 Å². The second-order valence-corrected chi connectivity index (χ2v) is 4.39. The zero-order valence-corrected chi connectivity index (χ0v) is 9.69. The monoisotopic (exact) mass is 213 g/mol. The molecule has 3 nitrogen and oxygen atoms in total. The van der Waals surface area contributed by atoms with Gasteiger partial charge in [0.05, 0.1) is 11.6 Å². The molecule has 1 aromatic carbocycles. The van der Waals surface area contributed by atoms with Crippen molar-refractivity contribution in [3.8, 4) is 6.07 Å². The summed E-state index contributed by atoms with van der Waals surface area (Å²) in [5.74, 6) is 0. The Balaban J connectivity index is 1.91. The van der Waals surface area contributed by atoms with Crippen LogP contribution in [0.1, 0.15) is 11.1 Å². The minimum absolute atomic E-state index is 0.738. The van der Waals surface area contributed by atoms with Gasteiger partial charge in [-0.25, -0.2) is 0 Å². The van der Waals surface area contributed by atoms with E-state index in [1.807, 2.05) is 12.1 Å². The van der Waals surface area contributed by atoms with Gasteiger partial charge >= 0.3 is 0 Å². The maximum atomic E-state index is 8.71. The molecule has 1 fully saturated rings. The number of nitriles is 1. The number of piperazine rings is 1. The van der Waals surface area contributed by atoms with Gasteiger partial charge in [0.2, 0.25) is 0 Å². The van der Waals surface area contributed by atoms with Crippen LogP contribution in [0, 0.1) is 11.3 Å². The first-order valence-corrected chi connectivity index (χ1v) is 5.68. The van der Waals surface area contributed by atoms with Crippen molar-refractivity contribution in [2.45, 2.75) is 6.54 Å². The molecule has 0 atom stereocenters. The molecule has 1 aliphatic heterocycles. The quantitative estimate of drug-likeness (QED) is 0.658. The third kappa shape index (κ3) is 2.85. The largest absolute Gasteiger partial charge is 0.346 e. The van der Waals surface area contributed by atoms with Gasteiger partial charge in [0.1, 0.15) is 0 Å². The van der Waals surface area contributed by atoms with Crippen LogP contribution in [0.3, 0.4) is 0 Å². The summed E-state index contributed by atoms with van der Waals surface area (Å²) >= 11 is 0. The van der Waals surface area contributed by atoms with E-state index in [-0.39, 0.29) is 0 Å². The highest BCUT2D eigenvalue weighted by atomic mass is 15.2. The Labute approximate surface area is 97.7 Å². The number of benzene rings is 1. The van der Waals surface area contributed by atoms with Crippen molar-refractivity contribution in [3.63, 3.8) is 0 Å². The smallest absolute Gasteiger partial charge is 0.185 e. The molecule has 0 saturated carbocycles. The van der Waals surface area contributed by atoms with E-state index in [1.165, 1.54) is 5.56 Å². The average Bonchev–Trinajstić information content (AvgIpc) is 2.33. The molecule has 4 heteroatoms. The molecule has 1 heterocycles. The first-order chi connectivity index (χ1) is 7.78. The fourth-order valence-electron chi connectivity index (χ4n) is 1.95. The Morgan fingerprint density at radius 2 is 1.75 bits per heavy atom. The molecule has 0 aromatic heterocycles. The molecule has 0 aliphatic carbocycles. The highest BCUT2D eigenvalue weighted by molar-refractivity contribution is 6.04. The molecular formula is C12H16BN3. The normalized spacial score (nSPS) is 18.2. The standard InChI is InChI=1S/C12H16BN3/c13-16-7-5-15(6-8-16)10-12-3-1-11(9-14)2-4-12/h1-4H,5-8,10,13H2. The Hall–Kier alpha value is -1.31. The molecule has 16 heavy (non-hydrogen) atoms. The summed E-state index contributed by atoms with van der Waals surface area (Å²) in [7, 11) is 2.17. The number of hydrogen-bond donors (Lipinski definition) is 0. The predicted octanol–water partition coefficient (Wildman–Crippen LogP) is 0.224. The van der Waals surface area contributed by atoms with Crippen LogP contribution in [-0.2, 0) is 6.54 Å². The lowest BCUT2D eigenvalue weighted by molar-refractivity contribution is 0.184. The zero-order valence-electron chi connectivity index (χ0n) is 9.69. The predicted molar refractivity (Wildman–Crippen MR) is 66.6 cm³/mol. The molecule has 0 bridgehead atoms. The summed E-state index contributed by atoms with van der Waals surface area (Å²) in [6.07, 6.45) is 0. The van der Waals surface area contributed by atoms with Crippen LogP contribution in [0.4, 0.5) is 0 Å². The van der Waals surface area contributed by atoms with Crippen LogP contribution in [0.15, 0.2) is 24.3 Å². The molecule has 1 saturated heterocycles.